The summed E-state index contributed by atoms with van der Waals surface area (Å²) in [7, 11) is 0. The summed E-state index contributed by atoms with van der Waals surface area (Å²) in [5.74, 6) is -1.33. The SMILES string of the molecule is CC(=O)OC(C(=O)Nc1ccc(C(F)(F)F)cc1)c1ccc(Br)cc1. The van der Waals surface area contributed by atoms with Crippen molar-refractivity contribution in [2.75, 3.05) is 5.32 Å². The van der Waals surface area contributed by atoms with Gasteiger partial charge >= 0.3 is 12.1 Å². The number of carbonyl (C=O) groups excluding carboxylic acids is 2. The van der Waals surface area contributed by atoms with Crippen LogP contribution in [0.4, 0.5) is 18.9 Å². The van der Waals surface area contributed by atoms with Crippen molar-refractivity contribution in [2.45, 2.75) is 19.2 Å². The molecule has 0 aromatic heterocycles. The van der Waals surface area contributed by atoms with Crippen LogP contribution >= 0.6 is 15.9 Å². The van der Waals surface area contributed by atoms with E-state index >= 15 is 0 Å². The number of hydrogen-bond donors (Lipinski definition) is 1. The number of benzene rings is 2. The molecular formula is C17H13BrF3NO3. The molecule has 1 unspecified atom stereocenters. The lowest BCUT2D eigenvalue weighted by Gasteiger charge is -2.17. The number of ether oxygens (including phenoxy) is 1. The lowest BCUT2D eigenvalue weighted by Crippen LogP contribution is -2.25. The van der Waals surface area contributed by atoms with Crippen molar-refractivity contribution in [3.63, 3.8) is 0 Å². The molecule has 0 saturated carbocycles. The lowest BCUT2D eigenvalue weighted by molar-refractivity contribution is -0.152. The van der Waals surface area contributed by atoms with Gasteiger partial charge in [-0.3, -0.25) is 9.59 Å². The van der Waals surface area contributed by atoms with Gasteiger partial charge in [0.05, 0.1) is 5.56 Å². The summed E-state index contributed by atoms with van der Waals surface area (Å²) in [4.78, 5) is 23.7. The van der Waals surface area contributed by atoms with Crippen LogP contribution < -0.4 is 5.32 Å². The van der Waals surface area contributed by atoms with E-state index < -0.39 is 29.7 Å². The topological polar surface area (TPSA) is 55.4 Å². The summed E-state index contributed by atoms with van der Waals surface area (Å²) < 4.78 is 43.5. The van der Waals surface area contributed by atoms with E-state index in [9.17, 15) is 22.8 Å². The summed E-state index contributed by atoms with van der Waals surface area (Å²) in [6.07, 6.45) is -5.67. The molecule has 2 aromatic carbocycles. The third kappa shape index (κ3) is 5.32. The smallest absolute Gasteiger partial charge is 0.416 e. The maximum atomic E-state index is 12.6. The van der Waals surface area contributed by atoms with Gasteiger partial charge in [-0.15, -0.1) is 0 Å². The minimum absolute atomic E-state index is 0.160. The maximum absolute atomic E-state index is 12.6. The first-order valence-electron chi connectivity index (χ1n) is 7.07. The third-order valence-corrected chi connectivity index (χ3v) is 3.70. The number of esters is 1. The second-order valence-electron chi connectivity index (χ2n) is 5.11. The first-order valence-corrected chi connectivity index (χ1v) is 7.87. The van der Waals surface area contributed by atoms with E-state index in [0.717, 1.165) is 35.7 Å². The van der Waals surface area contributed by atoms with Gasteiger partial charge in [-0.05, 0) is 36.4 Å². The fraction of sp³-hybridized carbons (Fsp3) is 0.176. The molecule has 25 heavy (non-hydrogen) atoms. The monoisotopic (exact) mass is 415 g/mol. The van der Waals surface area contributed by atoms with Gasteiger partial charge in [-0.2, -0.15) is 13.2 Å². The van der Waals surface area contributed by atoms with Gasteiger partial charge in [-0.1, -0.05) is 28.1 Å². The highest BCUT2D eigenvalue weighted by Gasteiger charge is 2.30. The molecule has 0 saturated heterocycles. The molecule has 1 atom stereocenters. The second kappa shape index (κ2) is 7.69. The molecule has 0 heterocycles. The molecule has 0 radical (unpaired) electrons. The fourth-order valence-corrected chi connectivity index (χ4v) is 2.29. The zero-order valence-corrected chi connectivity index (χ0v) is 14.5. The van der Waals surface area contributed by atoms with Crippen LogP contribution in [0.3, 0.4) is 0 Å². The number of carbonyl (C=O) groups is 2. The molecule has 0 aliphatic rings. The molecule has 1 amide bonds. The molecule has 1 N–H and O–H groups in total. The normalized spacial score (nSPS) is 12.4. The van der Waals surface area contributed by atoms with Gasteiger partial charge in [0.25, 0.3) is 5.91 Å². The van der Waals surface area contributed by atoms with Crippen molar-refractivity contribution in [1.82, 2.24) is 0 Å². The molecule has 0 fully saturated rings. The molecule has 2 rings (SSSR count). The van der Waals surface area contributed by atoms with E-state index in [1.165, 1.54) is 0 Å². The quantitative estimate of drug-likeness (QED) is 0.735. The second-order valence-corrected chi connectivity index (χ2v) is 6.02. The van der Waals surface area contributed by atoms with Gasteiger partial charge in [-0.25, -0.2) is 0 Å². The molecule has 0 bridgehead atoms. The van der Waals surface area contributed by atoms with Crippen LogP contribution in [0.25, 0.3) is 0 Å². The molecule has 0 aliphatic heterocycles. The molecule has 0 aliphatic carbocycles. The standard InChI is InChI=1S/C17H13BrF3NO3/c1-10(23)25-15(11-2-6-13(18)7-3-11)16(24)22-14-8-4-12(5-9-14)17(19,20)21/h2-9,15H,1H3,(H,22,24). The van der Waals surface area contributed by atoms with Gasteiger partial charge in [0.2, 0.25) is 6.10 Å². The third-order valence-electron chi connectivity index (χ3n) is 3.17. The van der Waals surface area contributed by atoms with E-state index in [0.29, 0.717) is 5.56 Å². The summed E-state index contributed by atoms with van der Waals surface area (Å²) in [5, 5.41) is 2.44. The zero-order chi connectivity index (χ0) is 18.6. The van der Waals surface area contributed by atoms with Gasteiger partial charge in [0.1, 0.15) is 0 Å². The summed E-state index contributed by atoms with van der Waals surface area (Å²) in [6, 6.07) is 10.5. The lowest BCUT2D eigenvalue weighted by atomic mass is 10.1. The zero-order valence-electron chi connectivity index (χ0n) is 12.9. The number of amides is 1. The Morgan fingerprint density at radius 3 is 2.08 bits per heavy atom. The predicted octanol–water partition coefficient (Wildman–Crippen LogP) is 4.71. The number of halogens is 4. The van der Waals surface area contributed by atoms with E-state index in [4.69, 9.17) is 4.74 Å². The molecular weight excluding hydrogens is 403 g/mol. The number of alkyl halides is 3. The number of hydrogen-bond acceptors (Lipinski definition) is 3. The Morgan fingerprint density at radius 1 is 1.04 bits per heavy atom. The number of anilines is 1. The maximum Gasteiger partial charge on any atom is 0.416 e. The summed E-state index contributed by atoms with van der Waals surface area (Å²) in [5.41, 5.74) is -0.231. The van der Waals surface area contributed by atoms with Crippen LogP contribution in [-0.2, 0) is 20.5 Å². The Kier molecular flexibility index (Phi) is 5.84. The fourth-order valence-electron chi connectivity index (χ4n) is 2.03. The van der Waals surface area contributed by atoms with Gasteiger partial charge < -0.3 is 10.1 Å². The molecule has 0 spiro atoms. The average molecular weight is 416 g/mol. The molecule has 132 valence electrons. The van der Waals surface area contributed by atoms with Crippen molar-refractivity contribution in [2.24, 2.45) is 0 Å². The van der Waals surface area contributed by atoms with E-state index in [1.807, 2.05) is 0 Å². The molecule has 2 aromatic rings. The van der Waals surface area contributed by atoms with Crippen LogP contribution in [0.1, 0.15) is 24.2 Å². The van der Waals surface area contributed by atoms with Crippen molar-refractivity contribution >= 4 is 33.5 Å². The Morgan fingerprint density at radius 2 is 1.60 bits per heavy atom. The summed E-state index contributed by atoms with van der Waals surface area (Å²) >= 11 is 3.26. The largest absolute Gasteiger partial charge is 0.447 e. The van der Waals surface area contributed by atoms with Crippen molar-refractivity contribution in [3.05, 3.63) is 64.1 Å². The number of rotatable bonds is 4. The van der Waals surface area contributed by atoms with Crippen molar-refractivity contribution < 1.29 is 27.5 Å². The highest BCUT2D eigenvalue weighted by atomic mass is 79.9. The van der Waals surface area contributed by atoms with Crippen molar-refractivity contribution in [1.29, 1.82) is 0 Å². The van der Waals surface area contributed by atoms with Crippen molar-refractivity contribution in [3.8, 4) is 0 Å². The number of nitrogens with one attached hydrogen (secondary N) is 1. The Balaban J connectivity index is 2.19. The summed E-state index contributed by atoms with van der Waals surface area (Å²) in [6.45, 7) is 1.16. The van der Waals surface area contributed by atoms with E-state index in [-0.39, 0.29) is 5.69 Å². The first kappa shape index (κ1) is 19.0. The molecule has 4 nitrogen and oxygen atoms in total. The van der Waals surface area contributed by atoms with Crippen LogP contribution in [0.5, 0.6) is 0 Å². The Hall–Kier alpha value is -2.35. The Bertz CT molecular complexity index is 758. The first-order chi connectivity index (χ1) is 11.7. The average Bonchev–Trinajstić information content (AvgIpc) is 2.53. The van der Waals surface area contributed by atoms with E-state index in [2.05, 4.69) is 21.2 Å². The molecule has 8 heteroatoms. The van der Waals surface area contributed by atoms with Crippen LogP contribution in [-0.4, -0.2) is 11.9 Å². The van der Waals surface area contributed by atoms with Crippen LogP contribution in [0.2, 0.25) is 0 Å². The highest BCUT2D eigenvalue weighted by Crippen LogP contribution is 2.30. The Labute approximate surface area is 150 Å². The predicted molar refractivity (Wildman–Crippen MR) is 88.7 cm³/mol. The minimum Gasteiger partial charge on any atom is -0.447 e. The van der Waals surface area contributed by atoms with Crippen LogP contribution in [0, 0.1) is 0 Å². The highest BCUT2D eigenvalue weighted by molar-refractivity contribution is 9.10. The van der Waals surface area contributed by atoms with Crippen LogP contribution in [0.15, 0.2) is 53.0 Å². The van der Waals surface area contributed by atoms with Gasteiger partial charge in [0.15, 0.2) is 0 Å². The van der Waals surface area contributed by atoms with Gasteiger partial charge in [0, 0.05) is 22.6 Å². The minimum atomic E-state index is -4.46. The van der Waals surface area contributed by atoms with E-state index in [1.54, 1.807) is 24.3 Å².